The third kappa shape index (κ3) is 10.4. The molecule has 0 spiro atoms. The number of ether oxygens (including phenoxy) is 2. The van der Waals surface area contributed by atoms with Gasteiger partial charge < -0.3 is 20.1 Å². The van der Waals surface area contributed by atoms with Gasteiger partial charge in [0, 0.05) is 24.2 Å². The van der Waals surface area contributed by atoms with E-state index < -0.39 is 0 Å². The smallest absolute Gasteiger partial charge is 0.251 e. The summed E-state index contributed by atoms with van der Waals surface area (Å²) in [6.07, 6.45) is 5.29. The first-order valence-corrected chi connectivity index (χ1v) is 11.9. The molecule has 2 aromatic carbocycles. The van der Waals surface area contributed by atoms with Crippen molar-refractivity contribution in [2.45, 2.75) is 72.0 Å². The highest BCUT2D eigenvalue weighted by atomic mass is 16.5. The quantitative estimate of drug-likeness (QED) is 0.376. The minimum Gasteiger partial charge on any atom is -0.491 e. The molecule has 6 heteroatoms. The minimum atomic E-state index is -0.0578. The van der Waals surface area contributed by atoms with Crippen molar-refractivity contribution in [2.24, 2.45) is 0 Å². The molecule has 0 aromatic heterocycles. The summed E-state index contributed by atoms with van der Waals surface area (Å²) in [5.74, 6) is 1.42. The Morgan fingerprint density at radius 2 is 0.939 bits per heavy atom. The second-order valence-electron chi connectivity index (χ2n) is 8.66. The lowest BCUT2D eigenvalue weighted by Crippen LogP contribution is -2.24. The first-order valence-electron chi connectivity index (χ1n) is 11.9. The maximum atomic E-state index is 12.2. The van der Waals surface area contributed by atoms with E-state index in [0.29, 0.717) is 24.2 Å². The van der Waals surface area contributed by atoms with E-state index >= 15 is 0 Å². The molecule has 2 N–H and O–H groups in total. The maximum absolute atomic E-state index is 12.2. The average Bonchev–Trinajstić information content (AvgIpc) is 2.78. The summed E-state index contributed by atoms with van der Waals surface area (Å²) in [5, 5.41) is 5.93. The topological polar surface area (TPSA) is 76.7 Å². The van der Waals surface area contributed by atoms with Gasteiger partial charge in [-0.25, -0.2) is 0 Å². The number of unbranched alkanes of at least 4 members (excludes halogenated alkanes) is 4. The molecule has 33 heavy (non-hydrogen) atoms. The van der Waals surface area contributed by atoms with Gasteiger partial charge in [-0.1, -0.05) is 19.3 Å². The van der Waals surface area contributed by atoms with Gasteiger partial charge in [-0.3, -0.25) is 9.59 Å². The third-order valence-corrected chi connectivity index (χ3v) is 4.90. The summed E-state index contributed by atoms with van der Waals surface area (Å²) in [5.41, 5.74) is 1.29. The highest BCUT2D eigenvalue weighted by Crippen LogP contribution is 2.15. The van der Waals surface area contributed by atoms with E-state index in [1.165, 1.54) is 0 Å². The molecule has 0 aliphatic heterocycles. The predicted molar refractivity (Wildman–Crippen MR) is 132 cm³/mol. The van der Waals surface area contributed by atoms with Crippen molar-refractivity contribution in [3.8, 4) is 11.5 Å². The molecular formula is C27H38N2O4. The molecule has 0 saturated heterocycles. The van der Waals surface area contributed by atoms with Crippen LogP contribution < -0.4 is 20.1 Å². The minimum absolute atomic E-state index is 0.0578. The van der Waals surface area contributed by atoms with Crippen LogP contribution in [0.1, 0.15) is 80.5 Å². The van der Waals surface area contributed by atoms with Gasteiger partial charge in [-0.15, -0.1) is 0 Å². The first-order chi connectivity index (χ1) is 15.8. The van der Waals surface area contributed by atoms with Crippen molar-refractivity contribution in [2.75, 3.05) is 13.1 Å². The summed E-state index contributed by atoms with van der Waals surface area (Å²) in [6, 6.07) is 14.4. The molecule has 0 aliphatic carbocycles. The van der Waals surface area contributed by atoms with Crippen LogP contribution in [0.2, 0.25) is 0 Å². The Morgan fingerprint density at radius 1 is 0.606 bits per heavy atom. The highest BCUT2D eigenvalue weighted by Gasteiger charge is 2.07. The van der Waals surface area contributed by atoms with E-state index in [1.807, 2.05) is 52.0 Å². The van der Waals surface area contributed by atoms with Crippen LogP contribution in [-0.4, -0.2) is 37.1 Å². The Labute approximate surface area is 198 Å². The second kappa shape index (κ2) is 14.2. The summed E-state index contributed by atoms with van der Waals surface area (Å²) in [7, 11) is 0. The molecule has 6 nitrogen and oxygen atoms in total. The van der Waals surface area contributed by atoms with Gasteiger partial charge in [0.05, 0.1) is 12.2 Å². The highest BCUT2D eigenvalue weighted by molar-refractivity contribution is 5.94. The van der Waals surface area contributed by atoms with E-state index in [-0.39, 0.29) is 24.0 Å². The number of carbonyl (C=O) groups is 2. The van der Waals surface area contributed by atoms with Crippen LogP contribution in [0.3, 0.4) is 0 Å². The number of hydrogen-bond donors (Lipinski definition) is 2. The van der Waals surface area contributed by atoms with E-state index in [9.17, 15) is 9.59 Å². The van der Waals surface area contributed by atoms with Crippen molar-refractivity contribution in [3.05, 3.63) is 59.7 Å². The fourth-order valence-electron chi connectivity index (χ4n) is 3.30. The zero-order chi connectivity index (χ0) is 24.1. The third-order valence-electron chi connectivity index (χ3n) is 4.90. The van der Waals surface area contributed by atoms with Crippen LogP contribution >= 0.6 is 0 Å². The molecule has 0 atom stereocenters. The largest absolute Gasteiger partial charge is 0.491 e. The van der Waals surface area contributed by atoms with Crippen LogP contribution in [-0.2, 0) is 0 Å². The lowest BCUT2D eigenvalue weighted by molar-refractivity contribution is 0.0945. The zero-order valence-corrected chi connectivity index (χ0v) is 20.4. The molecule has 0 heterocycles. The van der Waals surface area contributed by atoms with Crippen LogP contribution in [0, 0.1) is 0 Å². The zero-order valence-electron chi connectivity index (χ0n) is 20.4. The number of carbonyl (C=O) groups excluding carboxylic acids is 2. The van der Waals surface area contributed by atoms with Gasteiger partial charge in [-0.2, -0.15) is 0 Å². The van der Waals surface area contributed by atoms with Crippen LogP contribution in [0.25, 0.3) is 0 Å². The molecule has 0 bridgehead atoms. The normalized spacial score (nSPS) is 10.8. The van der Waals surface area contributed by atoms with Crippen molar-refractivity contribution in [1.29, 1.82) is 0 Å². The summed E-state index contributed by atoms with van der Waals surface area (Å²) in [4.78, 5) is 24.4. The fraction of sp³-hybridized carbons (Fsp3) is 0.481. The van der Waals surface area contributed by atoms with Crippen LogP contribution in [0.15, 0.2) is 48.5 Å². The second-order valence-corrected chi connectivity index (χ2v) is 8.66. The molecule has 0 saturated carbocycles. The van der Waals surface area contributed by atoms with Gasteiger partial charge in [-0.05, 0) is 89.1 Å². The van der Waals surface area contributed by atoms with Crippen molar-refractivity contribution < 1.29 is 19.1 Å². The lowest BCUT2D eigenvalue weighted by atomic mass is 10.1. The van der Waals surface area contributed by atoms with E-state index in [4.69, 9.17) is 9.47 Å². The van der Waals surface area contributed by atoms with Gasteiger partial charge in [0.25, 0.3) is 11.8 Å². The van der Waals surface area contributed by atoms with E-state index in [1.54, 1.807) is 24.3 Å². The number of amides is 2. The van der Waals surface area contributed by atoms with Crippen LogP contribution in [0.4, 0.5) is 0 Å². The van der Waals surface area contributed by atoms with Crippen molar-refractivity contribution in [1.82, 2.24) is 10.6 Å². The number of hydrogen-bond acceptors (Lipinski definition) is 4. The number of benzene rings is 2. The Bertz CT molecular complexity index is 774. The van der Waals surface area contributed by atoms with Gasteiger partial charge >= 0.3 is 0 Å². The first kappa shape index (κ1) is 26.2. The molecule has 2 amide bonds. The summed E-state index contributed by atoms with van der Waals surface area (Å²) < 4.78 is 11.2. The predicted octanol–water partition coefficient (Wildman–Crippen LogP) is 5.37. The molecule has 180 valence electrons. The van der Waals surface area contributed by atoms with Crippen LogP contribution in [0.5, 0.6) is 11.5 Å². The average molecular weight is 455 g/mol. The maximum Gasteiger partial charge on any atom is 0.251 e. The number of nitrogens with one attached hydrogen (secondary N) is 2. The van der Waals surface area contributed by atoms with E-state index in [2.05, 4.69) is 10.6 Å². The molecule has 0 unspecified atom stereocenters. The van der Waals surface area contributed by atoms with Crippen molar-refractivity contribution in [3.63, 3.8) is 0 Å². The molecule has 2 aromatic rings. The Kier molecular flexibility index (Phi) is 11.3. The van der Waals surface area contributed by atoms with Gasteiger partial charge in [0.1, 0.15) is 11.5 Å². The Morgan fingerprint density at radius 3 is 1.27 bits per heavy atom. The van der Waals surface area contributed by atoms with Gasteiger partial charge in [0.2, 0.25) is 0 Å². The monoisotopic (exact) mass is 454 g/mol. The molecule has 0 fully saturated rings. The van der Waals surface area contributed by atoms with Crippen molar-refractivity contribution >= 4 is 11.8 Å². The standard InChI is InChI=1S/C27H38N2O4/c1-20(2)32-24-14-10-22(11-15-24)26(30)28-18-8-6-5-7-9-19-29-27(31)23-12-16-25(17-13-23)33-21(3)4/h10-17,20-21H,5-9,18-19H2,1-4H3,(H,28,30)(H,29,31). The Hall–Kier alpha value is -3.02. The molecular weight excluding hydrogens is 416 g/mol. The number of rotatable bonds is 14. The fourth-order valence-corrected chi connectivity index (χ4v) is 3.30. The molecule has 0 radical (unpaired) electrons. The Balaban J connectivity index is 1.51. The summed E-state index contributed by atoms with van der Waals surface area (Å²) >= 11 is 0. The molecule has 0 aliphatic rings. The lowest BCUT2D eigenvalue weighted by Gasteiger charge is -2.10. The molecule has 2 rings (SSSR count). The summed E-state index contributed by atoms with van der Waals surface area (Å²) in [6.45, 7) is 9.22. The van der Waals surface area contributed by atoms with E-state index in [0.717, 1.165) is 43.6 Å². The SMILES string of the molecule is CC(C)Oc1ccc(C(=O)NCCCCCCCNC(=O)c2ccc(OC(C)C)cc2)cc1. The van der Waals surface area contributed by atoms with Gasteiger partial charge in [0.15, 0.2) is 0 Å².